The summed E-state index contributed by atoms with van der Waals surface area (Å²) in [6, 6.07) is 8.77. The molecule has 1 fully saturated rings. The highest BCUT2D eigenvalue weighted by Gasteiger charge is 2.26. The quantitative estimate of drug-likeness (QED) is 0.921. The third-order valence-corrected chi connectivity index (χ3v) is 4.60. The number of carbonyl (C=O) groups excluding carboxylic acids is 2. The van der Waals surface area contributed by atoms with Gasteiger partial charge in [0.25, 0.3) is 11.8 Å². The molecule has 1 atom stereocenters. The van der Waals surface area contributed by atoms with Crippen LogP contribution in [0, 0.1) is 6.92 Å². The summed E-state index contributed by atoms with van der Waals surface area (Å²) in [4.78, 5) is 27.2. The number of hydrogen-bond acceptors (Lipinski definition) is 4. The molecule has 3 rings (SSSR count). The Kier molecular flexibility index (Phi) is 5.16. The highest BCUT2D eigenvalue weighted by molar-refractivity contribution is 6.05. The van der Waals surface area contributed by atoms with E-state index in [1.165, 1.54) is 6.42 Å². The Balaban J connectivity index is 1.76. The van der Waals surface area contributed by atoms with Gasteiger partial charge in [0.15, 0.2) is 5.82 Å². The van der Waals surface area contributed by atoms with Gasteiger partial charge in [0.1, 0.15) is 5.76 Å². The van der Waals surface area contributed by atoms with Crippen LogP contribution in [0.1, 0.15) is 59.1 Å². The Morgan fingerprint density at radius 1 is 1.28 bits per heavy atom. The van der Waals surface area contributed by atoms with E-state index in [1.807, 2.05) is 4.90 Å². The van der Waals surface area contributed by atoms with E-state index in [-0.39, 0.29) is 17.9 Å². The highest BCUT2D eigenvalue weighted by Crippen LogP contribution is 2.22. The zero-order valence-electron chi connectivity index (χ0n) is 14.6. The molecule has 1 unspecified atom stereocenters. The smallest absolute Gasteiger partial charge is 0.256 e. The maximum atomic E-state index is 12.9. The summed E-state index contributed by atoms with van der Waals surface area (Å²) in [6.45, 7) is 4.65. The maximum absolute atomic E-state index is 12.9. The van der Waals surface area contributed by atoms with E-state index in [1.54, 1.807) is 37.3 Å². The summed E-state index contributed by atoms with van der Waals surface area (Å²) < 4.78 is 4.94. The third kappa shape index (κ3) is 3.90. The second kappa shape index (κ2) is 7.51. The molecular formula is C19H23N3O3. The zero-order chi connectivity index (χ0) is 17.8. The molecule has 1 aliphatic rings. The standard InChI is InChI=1S/C19H23N3O3/c1-3-16-9-4-5-10-22(16)19(24)15-8-6-7-14(12-15)18(23)20-17-11-13(2)25-21-17/h6-8,11-12,16H,3-5,9-10H2,1-2H3,(H,20,21,23). The molecule has 1 saturated heterocycles. The molecule has 2 aromatic rings. The summed E-state index contributed by atoms with van der Waals surface area (Å²) in [5.41, 5.74) is 0.973. The fourth-order valence-corrected chi connectivity index (χ4v) is 3.27. The van der Waals surface area contributed by atoms with Crippen molar-refractivity contribution in [2.75, 3.05) is 11.9 Å². The summed E-state index contributed by atoms with van der Waals surface area (Å²) in [5.74, 6) is 0.670. The van der Waals surface area contributed by atoms with Crippen LogP contribution in [0.4, 0.5) is 5.82 Å². The van der Waals surface area contributed by atoms with Crippen molar-refractivity contribution < 1.29 is 14.1 Å². The number of rotatable bonds is 4. The molecule has 0 spiro atoms. The number of nitrogens with one attached hydrogen (secondary N) is 1. The third-order valence-electron chi connectivity index (χ3n) is 4.60. The molecule has 132 valence electrons. The molecule has 0 radical (unpaired) electrons. The number of aryl methyl sites for hydroxylation is 1. The van der Waals surface area contributed by atoms with Crippen LogP contribution in [-0.2, 0) is 0 Å². The van der Waals surface area contributed by atoms with Gasteiger partial charge < -0.3 is 14.7 Å². The van der Waals surface area contributed by atoms with Gasteiger partial charge in [-0.05, 0) is 50.8 Å². The fourth-order valence-electron chi connectivity index (χ4n) is 3.27. The predicted molar refractivity (Wildman–Crippen MR) is 94.6 cm³/mol. The summed E-state index contributed by atoms with van der Waals surface area (Å²) in [6.07, 6.45) is 4.21. The minimum absolute atomic E-state index is 0.00141. The van der Waals surface area contributed by atoms with E-state index in [0.29, 0.717) is 22.7 Å². The first-order chi connectivity index (χ1) is 12.1. The van der Waals surface area contributed by atoms with Gasteiger partial charge in [0, 0.05) is 29.8 Å². The lowest BCUT2D eigenvalue weighted by molar-refractivity contribution is 0.0608. The molecule has 0 saturated carbocycles. The van der Waals surface area contributed by atoms with Crippen molar-refractivity contribution in [1.82, 2.24) is 10.1 Å². The number of carbonyl (C=O) groups is 2. The number of aromatic nitrogens is 1. The normalized spacial score (nSPS) is 17.4. The van der Waals surface area contributed by atoms with Crippen LogP contribution in [0.15, 0.2) is 34.9 Å². The Morgan fingerprint density at radius 2 is 2.08 bits per heavy atom. The molecule has 1 aliphatic heterocycles. The minimum atomic E-state index is -0.311. The highest BCUT2D eigenvalue weighted by atomic mass is 16.5. The van der Waals surface area contributed by atoms with Crippen molar-refractivity contribution in [2.45, 2.75) is 45.6 Å². The average Bonchev–Trinajstić information content (AvgIpc) is 3.05. The van der Waals surface area contributed by atoms with Gasteiger partial charge in [-0.25, -0.2) is 0 Å². The predicted octanol–water partition coefficient (Wildman–Crippen LogP) is 3.64. The van der Waals surface area contributed by atoms with Crippen LogP contribution in [0.5, 0.6) is 0 Å². The maximum Gasteiger partial charge on any atom is 0.256 e. The molecule has 2 amide bonds. The lowest BCUT2D eigenvalue weighted by Gasteiger charge is -2.35. The SMILES string of the molecule is CCC1CCCCN1C(=O)c1cccc(C(=O)Nc2cc(C)on2)c1. The number of likely N-dealkylation sites (tertiary alicyclic amines) is 1. The Morgan fingerprint density at radius 3 is 2.80 bits per heavy atom. The summed E-state index contributed by atoms with van der Waals surface area (Å²) in [7, 11) is 0. The second-order valence-corrected chi connectivity index (χ2v) is 6.41. The second-order valence-electron chi connectivity index (χ2n) is 6.41. The van der Waals surface area contributed by atoms with E-state index < -0.39 is 0 Å². The molecule has 1 aromatic heterocycles. The number of hydrogen-bond donors (Lipinski definition) is 1. The van der Waals surface area contributed by atoms with Gasteiger partial charge in [-0.2, -0.15) is 0 Å². The molecular weight excluding hydrogens is 318 g/mol. The van der Waals surface area contributed by atoms with Crippen molar-refractivity contribution in [3.63, 3.8) is 0 Å². The molecule has 2 heterocycles. The van der Waals surface area contributed by atoms with Crippen LogP contribution in [-0.4, -0.2) is 34.5 Å². The average molecular weight is 341 g/mol. The van der Waals surface area contributed by atoms with Gasteiger partial charge in [-0.1, -0.05) is 18.1 Å². The van der Waals surface area contributed by atoms with Gasteiger partial charge in [0.2, 0.25) is 0 Å². The molecule has 6 nitrogen and oxygen atoms in total. The van der Waals surface area contributed by atoms with E-state index in [0.717, 1.165) is 25.8 Å². The lowest BCUT2D eigenvalue weighted by atomic mass is 9.98. The van der Waals surface area contributed by atoms with Gasteiger partial charge in [-0.3, -0.25) is 9.59 Å². The first kappa shape index (κ1) is 17.2. The van der Waals surface area contributed by atoms with E-state index >= 15 is 0 Å². The van der Waals surface area contributed by atoms with Crippen LogP contribution < -0.4 is 5.32 Å². The Hall–Kier alpha value is -2.63. The Labute approximate surface area is 147 Å². The molecule has 25 heavy (non-hydrogen) atoms. The van der Waals surface area contributed by atoms with E-state index in [4.69, 9.17) is 4.52 Å². The van der Waals surface area contributed by atoms with Gasteiger partial charge in [0.05, 0.1) is 0 Å². The van der Waals surface area contributed by atoms with Crippen molar-refractivity contribution in [1.29, 1.82) is 0 Å². The largest absolute Gasteiger partial charge is 0.360 e. The summed E-state index contributed by atoms with van der Waals surface area (Å²) >= 11 is 0. The molecule has 6 heteroatoms. The van der Waals surface area contributed by atoms with Crippen molar-refractivity contribution in [3.05, 3.63) is 47.2 Å². The van der Waals surface area contributed by atoms with Crippen LogP contribution >= 0.6 is 0 Å². The number of nitrogens with zero attached hydrogens (tertiary/aromatic N) is 2. The fraction of sp³-hybridized carbons (Fsp3) is 0.421. The van der Waals surface area contributed by atoms with Crippen LogP contribution in [0.2, 0.25) is 0 Å². The van der Waals surface area contributed by atoms with Crippen LogP contribution in [0.25, 0.3) is 0 Å². The number of benzene rings is 1. The minimum Gasteiger partial charge on any atom is -0.360 e. The van der Waals surface area contributed by atoms with Gasteiger partial charge >= 0.3 is 0 Å². The number of anilines is 1. The van der Waals surface area contributed by atoms with Crippen molar-refractivity contribution in [3.8, 4) is 0 Å². The Bertz CT molecular complexity index is 769. The monoisotopic (exact) mass is 341 g/mol. The van der Waals surface area contributed by atoms with Crippen molar-refractivity contribution in [2.24, 2.45) is 0 Å². The number of piperidine rings is 1. The summed E-state index contributed by atoms with van der Waals surface area (Å²) in [5, 5.41) is 6.43. The molecule has 0 aliphatic carbocycles. The van der Waals surface area contributed by atoms with Crippen LogP contribution in [0.3, 0.4) is 0 Å². The van der Waals surface area contributed by atoms with Crippen molar-refractivity contribution >= 4 is 17.6 Å². The van der Waals surface area contributed by atoms with Gasteiger partial charge in [-0.15, -0.1) is 0 Å². The first-order valence-electron chi connectivity index (χ1n) is 8.74. The number of amides is 2. The first-order valence-corrected chi connectivity index (χ1v) is 8.74. The molecule has 0 bridgehead atoms. The molecule has 1 aromatic carbocycles. The zero-order valence-corrected chi connectivity index (χ0v) is 14.6. The van der Waals surface area contributed by atoms with E-state index in [2.05, 4.69) is 17.4 Å². The molecule has 1 N–H and O–H groups in total. The van der Waals surface area contributed by atoms with E-state index in [9.17, 15) is 9.59 Å². The topological polar surface area (TPSA) is 75.4 Å². The lowest BCUT2D eigenvalue weighted by Crippen LogP contribution is -2.43.